The second kappa shape index (κ2) is 6.06. The van der Waals surface area contributed by atoms with Crippen molar-refractivity contribution in [1.29, 1.82) is 0 Å². The van der Waals surface area contributed by atoms with Crippen LogP contribution < -0.4 is 0 Å². The number of halogens is 1. The quantitative estimate of drug-likeness (QED) is 0.568. The molecule has 0 radical (unpaired) electrons. The maximum Gasteiger partial charge on any atom is 0.158 e. The highest BCUT2D eigenvalue weighted by molar-refractivity contribution is 5.73. The number of hydrogen-bond acceptors (Lipinski definition) is 2. The molecule has 27 heavy (non-hydrogen) atoms. The second-order valence-corrected chi connectivity index (χ2v) is 6.76. The van der Waals surface area contributed by atoms with Crippen LogP contribution in [0.5, 0.6) is 0 Å². The van der Waals surface area contributed by atoms with Crippen molar-refractivity contribution in [2.45, 2.75) is 11.8 Å². The van der Waals surface area contributed by atoms with Crippen LogP contribution in [0, 0.1) is 5.82 Å². The zero-order valence-electron chi connectivity index (χ0n) is 14.5. The summed E-state index contributed by atoms with van der Waals surface area (Å²) < 4.78 is 13.5. The zero-order valence-corrected chi connectivity index (χ0v) is 14.5. The molecule has 4 nitrogen and oxygen atoms in total. The lowest BCUT2D eigenvalue weighted by molar-refractivity contribution is 0.606. The molecule has 0 saturated heterocycles. The predicted molar refractivity (Wildman–Crippen MR) is 103 cm³/mol. The summed E-state index contributed by atoms with van der Waals surface area (Å²) in [7, 11) is 0. The fourth-order valence-corrected chi connectivity index (χ4v) is 3.89. The number of benzene rings is 2. The van der Waals surface area contributed by atoms with Gasteiger partial charge in [-0.2, -0.15) is 5.10 Å². The van der Waals surface area contributed by atoms with E-state index in [1.165, 1.54) is 12.1 Å². The van der Waals surface area contributed by atoms with Crippen LogP contribution in [0.3, 0.4) is 0 Å². The van der Waals surface area contributed by atoms with Gasteiger partial charge in [-0.1, -0.05) is 54.6 Å². The number of H-pyrrole nitrogens is 2. The fourth-order valence-electron chi connectivity index (χ4n) is 3.89. The summed E-state index contributed by atoms with van der Waals surface area (Å²) in [5.41, 5.74) is 4.72. The number of fused-ring (bicyclic) bond motifs is 1. The molecule has 0 bridgehead atoms. The highest BCUT2D eigenvalue weighted by Crippen LogP contribution is 2.42. The van der Waals surface area contributed by atoms with E-state index in [4.69, 9.17) is 0 Å². The number of imidazole rings is 1. The second-order valence-electron chi connectivity index (χ2n) is 6.76. The molecule has 0 saturated carbocycles. The van der Waals surface area contributed by atoms with E-state index in [-0.39, 0.29) is 11.2 Å². The van der Waals surface area contributed by atoms with Crippen LogP contribution in [0.4, 0.5) is 4.39 Å². The van der Waals surface area contributed by atoms with Gasteiger partial charge in [-0.3, -0.25) is 5.10 Å². The normalized spacial score (nSPS) is 18.4. The standard InChI is InChI=1S/C22H17FN4/c23-17-8-6-16(7-9-17)22(15-4-2-1-3-5-15)11-10-18-19(14-22)26-27-20(18)21-24-12-13-25-21/h1-13H,14H2,(H,24,25)(H,26,27). The molecule has 1 aliphatic rings. The van der Waals surface area contributed by atoms with Gasteiger partial charge in [0.05, 0.1) is 0 Å². The van der Waals surface area contributed by atoms with E-state index in [9.17, 15) is 4.39 Å². The van der Waals surface area contributed by atoms with Gasteiger partial charge in [0.1, 0.15) is 11.5 Å². The van der Waals surface area contributed by atoms with Gasteiger partial charge < -0.3 is 4.98 Å². The van der Waals surface area contributed by atoms with Gasteiger partial charge in [0.15, 0.2) is 5.82 Å². The van der Waals surface area contributed by atoms with Crippen LogP contribution in [0.2, 0.25) is 0 Å². The van der Waals surface area contributed by atoms with Crippen LogP contribution in [0.25, 0.3) is 17.6 Å². The Kier molecular flexibility index (Phi) is 3.53. The molecule has 5 heteroatoms. The lowest BCUT2D eigenvalue weighted by atomic mass is 9.68. The molecule has 2 N–H and O–H groups in total. The van der Waals surface area contributed by atoms with Crippen molar-refractivity contribution >= 4 is 6.08 Å². The smallest absolute Gasteiger partial charge is 0.158 e. The predicted octanol–water partition coefficient (Wildman–Crippen LogP) is 4.49. The van der Waals surface area contributed by atoms with E-state index in [1.807, 2.05) is 30.3 Å². The van der Waals surface area contributed by atoms with Crippen LogP contribution >= 0.6 is 0 Å². The first-order valence-electron chi connectivity index (χ1n) is 8.84. The largest absolute Gasteiger partial charge is 0.343 e. The Morgan fingerprint density at radius 1 is 0.963 bits per heavy atom. The van der Waals surface area contributed by atoms with Crippen LogP contribution in [-0.2, 0) is 11.8 Å². The van der Waals surface area contributed by atoms with E-state index < -0.39 is 0 Å². The minimum Gasteiger partial charge on any atom is -0.343 e. The Morgan fingerprint density at radius 3 is 2.48 bits per heavy atom. The van der Waals surface area contributed by atoms with E-state index in [2.05, 4.69) is 44.5 Å². The van der Waals surface area contributed by atoms with E-state index >= 15 is 0 Å². The van der Waals surface area contributed by atoms with Crippen molar-refractivity contribution in [2.24, 2.45) is 0 Å². The lowest BCUT2D eigenvalue weighted by Crippen LogP contribution is -2.30. The minimum atomic E-state index is -0.380. The maximum atomic E-state index is 13.5. The molecule has 2 aromatic carbocycles. The molecule has 2 aromatic heterocycles. The molecule has 2 heterocycles. The Hall–Kier alpha value is -3.47. The van der Waals surface area contributed by atoms with Crippen molar-refractivity contribution in [3.8, 4) is 11.5 Å². The van der Waals surface area contributed by atoms with Crippen LogP contribution in [-0.4, -0.2) is 20.2 Å². The first kappa shape index (κ1) is 15.8. The maximum absolute atomic E-state index is 13.5. The third-order valence-corrected chi connectivity index (χ3v) is 5.24. The van der Waals surface area contributed by atoms with Crippen molar-refractivity contribution in [3.63, 3.8) is 0 Å². The number of rotatable bonds is 3. The minimum absolute atomic E-state index is 0.232. The molecule has 0 aliphatic heterocycles. The molecule has 132 valence electrons. The highest BCUT2D eigenvalue weighted by atomic mass is 19.1. The molecule has 4 aromatic rings. The number of hydrogen-bond donors (Lipinski definition) is 2. The van der Waals surface area contributed by atoms with E-state index in [0.717, 1.165) is 33.9 Å². The van der Waals surface area contributed by atoms with Crippen LogP contribution in [0.1, 0.15) is 22.4 Å². The average molecular weight is 356 g/mol. The molecule has 1 aliphatic carbocycles. The topological polar surface area (TPSA) is 57.4 Å². The SMILES string of the molecule is Fc1ccc(C2(c3ccccc3)C=Cc3c(-c4ncc[nH]4)n[nH]c3C2)cc1. The van der Waals surface area contributed by atoms with Crippen molar-refractivity contribution in [3.05, 3.63) is 101 Å². The monoisotopic (exact) mass is 356 g/mol. The summed E-state index contributed by atoms with van der Waals surface area (Å²) in [6.45, 7) is 0. The van der Waals surface area contributed by atoms with Gasteiger partial charge in [0.2, 0.25) is 0 Å². The van der Waals surface area contributed by atoms with Gasteiger partial charge in [-0.15, -0.1) is 0 Å². The summed E-state index contributed by atoms with van der Waals surface area (Å²) in [6.07, 6.45) is 8.50. The van der Waals surface area contributed by atoms with E-state index in [0.29, 0.717) is 6.42 Å². The molecule has 1 unspecified atom stereocenters. The van der Waals surface area contributed by atoms with Crippen molar-refractivity contribution in [1.82, 2.24) is 20.2 Å². The number of aromatic nitrogens is 4. The number of aromatic amines is 2. The Balaban J connectivity index is 1.67. The lowest BCUT2D eigenvalue weighted by Gasteiger charge is -2.34. The Bertz CT molecular complexity index is 1100. The summed E-state index contributed by atoms with van der Waals surface area (Å²) in [5, 5.41) is 7.66. The van der Waals surface area contributed by atoms with Gasteiger partial charge in [-0.05, 0) is 23.3 Å². The molecule has 0 amide bonds. The molecule has 0 fully saturated rings. The van der Waals surface area contributed by atoms with Gasteiger partial charge in [0, 0.05) is 35.5 Å². The molecule has 1 atom stereocenters. The first-order chi connectivity index (χ1) is 13.3. The molecular weight excluding hydrogens is 339 g/mol. The van der Waals surface area contributed by atoms with Gasteiger partial charge >= 0.3 is 0 Å². The van der Waals surface area contributed by atoms with Crippen molar-refractivity contribution in [2.75, 3.05) is 0 Å². The van der Waals surface area contributed by atoms with Gasteiger partial charge in [-0.25, -0.2) is 9.37 Å². The summed E-state index contributed by atoms with van der Waals surface area (Å²) in [5.74, 6) is 0.509. The summed E-state index contributed by atoms with van der Waals surface area (Å²) >= 11 is 0. The first-order valence-corrected chi connectivity index (χ1v) is 8.84. The Labute approximate surface area is 155 Å². The van der Waals surface area contributed by atoms with E-state index in [1.54, 1.807) is 12.4 Å². The third-order valence-electron chi connectivity index (χ3n) is 5.24. The van der Waals surface area contributed by atoms with Crippen LogP contribution in [0.15, 0.2) is 73.1 Å². The number of nitrogens with zero attached hydrogens (tertiary/aromatic N) is 2. The third kappa shape index (κ3) is 2.51. The van der Waals surface area contributed by atoms with Crippen molar-refractivity contribution < 1.29 is 4.39 Å². The average Bonchev–Trinajstić information content (AvgIpc) is 3.38. The Morgan fingerprint density at radius 2 is 1.74 bits per heavy atom. The highest BCUT2D eigenvalue weighted by Gasteiger charge is 2.36. The fraction of sp³-hybridized carbons (Fsp3) is 0.0909. The number of nitrogens with one attached hydrogen (secondary N) is 2. The van der Waals surface area contributed by atoms with Gasteiger partial charge in [0.25, 0.3) is 0 Å². The molecular formula is C22H17FN4. The molecule has 0 spiro atoms. The number of allylic oxidation sites excluding steroid dienone is 1. The summed E-state index contributed by atoms with van der Waals surface area (Å²) in [4.78, 5) is 7.43. The zero-order chi connectivity index (χ0) is 18.3. The summed E-state index contributed by atoms with van der Waals surface area (Å²) in [6, 6.07) is 17.1. The molecule has 5 rings (SSSR count).